The topological polar surface area (TPSA) is 79.0 Å². The molecule has 2 fully saturated rings. The lowest BCUT2D eigenvalue weighted by atomic mass is 9.81. The maximum Gasteiger partial charge on any atom is 0.573 e. The molecule has 1 spiro atoms. The van der Waals surface area contributed by atoms with E-state index >= 15 is 0 Å². The number of nitrogens with zero attached hydrogens (tertiary/aromatic N) is 2. The van der Waals surface area contributed by atoms with Gasteiger partial charge in [-0.1, -0.05) is 31.4 Å². The zero-order valence-electron chi connectivity index (χ0n) is 16.8. The van der Waals surface area contributed by atoms with Crippen LogP contribution in [0.4, 0.5) is 18.0 Å². The van der Waals surface area contributed by atoms with Gasteiger partial charge in [0.05, 0.1) is 6.04 Å². The van der Waals surface area contributed by atoms with Gasteiger partial charge >= 0.3 is 12.4 Å². The number of nitrogens with one attached hydrogen (secondary N) is 1. The number of hydrogen-bond acceptors (Lipinski definition) is 4. The zero-order chi connectivity index (χ0) is 22.1. The fraction of sp³-hybridized carbons (Fsp3) is 0.550. The van der Waals surface area contributed by atoms with Gasteiger partial charge in [-0.25, -0.2) is 4.79 Å². The molecule has 0 aromatic heterocycles. The van der Waals surface area contributed by atoms with Gasteiger partial charge in [0.25, 0.3) is 5.91 Å². The Balaban J connectivity index is 1.61. The molecule has 1 unspecified atom stereocenters. The first-order chi connectivity index (χ1) is 14.0. The Labute approximate surface area is 172 Å². The highest BCUT2D eigenvalue weighted by Crippen LogP contribution is 2.39. The Morgan fingerprint density at radius 1 is 1.17 bits per heavy atom. The molecule has 30 heavy (non-hydrogen) atoms. The van der Waals surface area contributed by atoms with Gasteiger partial charge < -0.3 is 15.0 Å². The number of amides is 4. The summed E-state index contributed by atoms with van der Waals surface area (Å²) in [6.45, 7) is 1.25. The third kappa shape index (κ3) is 4.36. The van der Waals surface area contributed by atoms with E-state index in [4.69, 9.17) is 0 Å². The monoisotopic (exact) mass is 427 g/mol. The molecule has 1 saturated carbocycles. The largest absolute Gasteiger partial charge is 0.573 e. The molecule has 4 amide bonds. The second-order valence-corrected chi connectivity index (χ2v) is 7.73. The average molecular weight is 427 g/mol. The van der Waals surface area contributed by atoms with Crippen molar-refractivity contribution in [3.8, 4) is 5.75 Å². The van der Waals surface area contributed by atoms with E-state index in [1.807, 2.05) is 0 Å². The average Bonchev–Trinajstić information content (AvgIpc) is 2.84. The fourth-order valence-electron chi connectivity index (χ4n) is 4.14. The molecule has 1 atom stereocenters. The Morgan fingerprint density at radius 3 is 2.33 bits per heavy atom. The number of benzene rings is 1. The molecule has 7 nitrogen and oxygen atoms in total. The van der Waals surface area contributed by atoms with E-state index in [2.05, 4.69) is 10.1 Å². The van der Waals surface area contributed by atoms with Crippen molar-refractivity contribution < 1.29 is 32.3 Å². The summed E-state index contributed by atoms with van der Waals surface area (Å²) in [5, 5.41) is 2.67. The second kappa shape index (κ2) is 8.16. The third-order valence-corrected chi connectivity index (χ3v) is 5.78. The summed E-state index contributed by atoms with van der Waals surface area (Å²) in [5.41, 5.74) is -0.298. The molecule has 0 bridgehead atoms. The van der Waals surface area contributed by atoms with Gasteiger partial charge in [-0.05, 0) is 37.5 Å². The Kier molecular flexibility index (Phi) is 5.96. The highest BCUT2D eigenvalue weighted by Gasteiger charge is 2.55. The molecule has 164 valence electrons. The molecule has 3 rings (SSSR count). The number of ether oxygens (including phenoxy) is 1. The van der Waals surface area contributed by atoms with E-state index in [-0.39, 0.29) is 11.7 Å². The summed E-state index contributed by atoms with van der Waals surface area (Å²) in [6, 6.07) is 4.10. The van der Waals surface area contributed by atoms with Crippen LogP contribution in [0.1, 0.15) is 50.6 Å². The smallest absolute Gasteiger partial charge is 0.406 e. The van der Waals surface area contributed by atoms with Gasteiger partial charge in [-0.2, -0.15) is 0 Å². The van der Waals surface area contributed by atoms with Gasteiger partial charge in [0.2, 0.25) is 5.91 Å². The van der Waals surface area contributed by atoms with Crippen molar-refractivity contribution in [2.75, 3.05) is 13.6 Å². The van der Waals surface area contributed by atoms with Crippen LogP contribution in [0.3, 0.4) is 0 Å². The lowest BCUT2D eigenvalue weighted by Crippen LogP contribution is -2.49. The lowest BCUT2D eigenvalue weighted by Gasteiger charge is -2.35. The molecular formula is C20H24F3N3O4. The summed E-state index contributed by atoms with van der Waals surface area (Å²) in [6.07, 6.45) is -0.867. The quantitative estimate of drug-likeness (QED) is 0.731. The molecule has 0 radical (unpaired) electrons. The van der Waals surface area contributed by atoms with Crippen molar-refractivity contribution >= 4 is 17.8 Å². The van der Waals surface area contributed by atoms with Crippen molar-refractivity contribution in [2.24, 2.45) is 0 Å². The SMILES string of the molecule is CC(NC(=O)CN1C(=O)N(C)C2(CCCCC2)C1=O)c1ccc(OC(F)(F)F)cc1. The number of rotatable bonds is 5. The van der Waals surface area contributed by atoms with Crippen molar-refractivity contribution in [2.45, 2.75) is 57.0 Å². The highest BCUT2D eigenvalue weighted by molar-refractivity contribution is 6.08. The summed E-state index contributed by atoms with van der Waals surface area (Å²) in [7, 11) is 1.59. The normalized spacial score (nSPS) is 19.9. The standard InChI is InChI=1S/C20H24F3N3O4/c1-13(14-6-8-15(9-7-14)30-20(21,22)23)24-16(27)12-26-17(28)19(25(2)18(26)29)10-4-3-5-11-19/h6-9,13H,3-5,10-12H2,1-2H3,(H,24,27). The van der Waals surface area contributed by atoms with E-state index in [0.717, 1.165) is 36.3 Å². The number of carbonyl (C=O) groups is 3. The van der Waals surface area contributed by atoms with Gasteiger partial charge in [0.1, 0.15) is 17.8 Å². The van der Waals surface area contributed by atoms with Gasteiger partial charge in [0.15, 0.2) is 0 Å². The first-order valence-corrected chi connectivity index (χ1v) is 9.78. The second-order valence-electron chi connectivity index (χ2n) is 7.73. The van der Waals surface area contributed by atoms with Crippen molar-refractivity contribution in [3.63, 3.8) is 0 Å². The van der Waals surface area contributed by atoms with Crippen molar-refractivity contribution in [1.29, 1.82) is 0 Å². The van der Waals surface area contributed by atoms with Crippen molar-refractivity contribution in [1.82, 2.24) is 15.1 Å². The molecule has 1 aromatic rings. The fourth-order valence-corrected chi connectivity index (χ4v) is 4.14. The number of hydrogen-bond donors (Lipinski definition) is 1. The summed E-state index contributed by atoms with van der Waals surface area (Å²) >= 11 is 0. The number of imide groups is 1. The molecule has 1 N–H and O–H groups in total. The number of alkyl halides is 3. The first kappa shape index (κ1) is 21.9. The van der Waals surface area contributed by atoms with Crippen LogP contribution in [-0.4, -0.2) is 53.1 Å². The molecule has 2 aliphatic rings. The van der Waals surface area contributed by atoms with Crippen LogP contribution < -0.4 is 10.1 Å². The van der Waals surface area contributed by atoms with Crippen LogP contribution in [0.15, 0.2) is 24.3 Å². The number of likely N-dealkylation sites (N-methyl/N-ethyl adjacent to an activating group) is 1. The van der Waals surface area contributed by atoms with Gasteiger partial charge in [-0.3, -0.25) is 14.5 Å². The van der Waals surface area contributed by atoms with E-state index in [1.165, 1.54) is 17.0 Å². The minimum absolute atomic E-state index is 0.342. The zero-order valence-corrected chi connectivity index (χ0v) is 16.8. The minimum atomic E-state index is -4.78. The molecular weight excluding hydrogens is 403 g/mol. The van der Waals surface area contributed by atoms with E-state index < -0.39 is 36.4 Å². The first-order valence-electron chi connectivity index (χ1n) is 9.78. The summed E-state index contributed by atoms with van der Waals surface area (Å²) in [4.78, 5) is 40.4. The van der Waals surface area contributed by atoms with Crippen LogP contribution in [0.2, 0.25) is 0 Å². The van der Waals surface area contributed by atoms with E-state index in [0.29, 0.717) is 18.4 Å². The van der Waals surface area contributed by atoms with Crippen LogP contribution in [-0.2, 0) is 9.59 Å². The Morgan fingerprint density at radius 2 is 1.77 bits per heavy atom. The molecule has 1 saturated heterocycles. The van der Waals surface area contributed by atoms with Crippen LogP contribution in [0.25, 0.3) is 0 Å². The van der Waals surface area contributed by atoms with Crippen molar-refractivity contribution in [3.05, 3.63) is 29.8 Å². The number of halogens is 3. The number of carbonyl (C=O) groups excluding carboxylic acids is 3. The Bertz CT molecular complexity index is 820. The molecule has 10 heteroatoms. The maximum absolute atomic E-state index is 12.9. The highest BCUT2D eigenvalue weighted by atomic mass is 19.4. The maximum atomic E-state index is 12.9. The minimum Gasteiger partial charge on any atom is -0.406 e. The lowest BCUT2D eigenvalue weighted by molar-refractivity contribution is -0.274. The Hall–Kier alpha value is -2.78. The summed E-state index contributed by atoms with van der Waals surface area (Å²) in [5.74, 6) is -1.23. The van der Waals surface area contributed by atoms with Crippen LogP contribution >= 0.6 is 0 Å². The van der Waals surface area contributed by atoms with E-state index in [1.54, 1.807) is 14.0 Å². The third-order valence-electron chi connectivity index (χ3n) is 5.78. The molecule has 1 aliphatic heterocycles. The summed E-state index contributed by atoms with van der Waals surface area (Å²) < 4.78 is 40.6. The van der Waals surface area contributed by atoms with Crippen LogP contribution in [0.5, 0.6) is 5.75 Å². The van der Waals surface area contributed by atoms with Gasteiger partial charge in [0, 0.05) is 7.05 Å². The molecule has 1 aromatic carbocycles. The van der Waals surface area contributed by atoms with Crippen LogP contribution in [0, 0.1) is 0 Å². The molecule has 1 heterocycles. The van der Waals surface area contributed by atoms with Gasteiger partial charge in [-0.15, -0.1) is 13.2 Å². The number of urea groups is 1. The molecule has 1 aliphatic carbocycles. The predicted octanol–water partition coefficient (Wildman–Crippen LogP) is 3.36. The predicted molar refractivity (Wildman–Crippen MR) is 100 cm³/mol. The van der Waals surface area contributed by atoms with E-state index in [9.17, 15) is 27.6 Å².